The van der Waals surface area contributed by atoms with Crippen LogP contribution in [0.15, 0.2) is 46.9 Å². The minimum Gasteiger partial charge on any atom is -0.378 e. The number of nitrogens with one attached hydrogen (secondary N) is 1. The molecule has 0 spiro atoms. The number of thioether (sulfide) groups is 1. The van der Waals surface area contributed by atoms with Crippen molar-refractivity contribution in [1.29, 1.82) is 0 Å². The summed E-state index contributed by atoms with van der Waals surface area (Å²) < 4.78 is 1.58. The van der Waals surface area contributed by atoms with Crippen LogP contribution in [0.4, 0.5) is 11.4 Å². The number of anilines is 2. The van der Waals surface area contributed by atoms with Gasteiger partial charge in [0.1, 0.15) is 4.83 Å². The van der Waals surface area contributed by atoms with Gasteiger partial charge < -0.3 is 10.2 Å². The van der Waals surface area contributed by atoms with Crippen LogP contribution in [0, 0.1) is 13.8 Å². The number of benzene rings is 1. The zero-order valence-electron chi connectivity index (χ0n) is 17.0. The van der Waals surface area contributed by atoms with Crippen LogP contribution in [-0.2, 0) is 11.3 Å². The molecule has 0 fully saturated rings. The number of rotatable bonds is 7. The average Bonchev–Trinajstić information content (AvgIpc) is 2.97. The maximum Gasteiger partial charge on any atom is 0.263 e. The van der Waals surface area contributed by atoms with Crippen LogP contribution >= 0.6 is 23.1 Å². The fraction of sp³-hybridized carbons (Fsp3) is 0.286. The van der Waals surface area contributed by atoms with Crippen molar-refractivity contribution in [1.82, 2.24) is 9.55 Å². The third-order valence-electron chi connectivity index (χ3n) is 4.57. The molecular weight excluding hydrogens is 404 g/mol. The normalized spacial score (nSPS) is 10.9. The Labute approximate surface area is 178 Å². The highest BCUT2D eigenvalue weighted by molar-refractivity contribution is 7.99. The van der Waals surface area contributed by atoms with Gasteiger partial charge in [0.2, 0.25) is 5.91 Å². The summed E-state index contributed by atoms with van der Waals surface area (Å²) in [6.07, 6.45) is 1.67. The predicted molar refractivity (Wildman–Crippen MR) is 124 cm³/mol. The van der Waals surface area contributed by atoms with Crippen molar-refractivity contribution in [2.24, 2.45) is 0 Å². The molecule has 1 N–H and O–H groups in total. The zero-order valence-corrected chi connectivity index (χ0v) is 18.6. The van der Waals surface area contributed by atoms with E-state index in [-0.39, 0.29) is 17.2 Å². The van der Waals surface area contributed by atoms with Crippen molar-refractivity contribution >= 4 is 50.6 Å². The summed E-state index contributed by atoms with van der Waals surface area (Å²) in [5.74, 6) is 0.0130. The molecular formula is C21H24N4O2S2. The molecule has 2 aromatic heterocycles. The van der Waals surface area contributed by atoms with E-state index in [0.29, 0.717) is 21.9 Å². The first-order chi connectivity index (χ1) is 13.8. The maximum atomic E-state index is 13.0. The summed E-state index contributed by atoms with van der Waals surface area (Å²) in [6, 6.07) is 7.63. The fourth-order valence-electron chi connectivity index (χ4n) is 2.88. The van der Waals surface area contributed by atoms with Gasteiger partial charge in [0, 0.05) is 36.9 Å². The number of carbonyl (C=O) groups excluding carboxylic acids is 1. The van der Waals surface area contributed by atoms with Gasteiger partial charge in [0.05, 0.1) is 11.1 Å². The molecule has 1 aromatic carbocycles. The van der Waals surface area contributed by atoms with Gasteiger partial charge in [-0.1, -0.05) is 17.8 Å². The lowest BCUT2D eigenvalue weighted by atomic mass is 10.2. The van der Waals surface area contributed by atoms with Gasteiger partial charge in [0.25, 0.3) is 5.56 Å². The van der Waals surface area contributed by atoms with Crippen LogP contribution in [0.5, 0.6) is 0 Å². The third-order valence-corrected chi connectivity index (χ3v) is 6.64. The molecule has 2 heterocycles. The Bertz CT molecular complexity index is 1110. The Balaban J connectivity index is 1.78. The van der Waals surface area contributed by atoms with Gasteiger partial charge in [-0.15, -0.1) is 17.9 Å². The summed E-state index contributed by atoms with van der Waals surface area (Å²) in [6.45, 7) is 8.02. The van der Waals surface area contributed by atoms with Gasteiger partial charge >= 0.3 is 0 Å². The SMILES string of the molecule is C=CCn1c(SCC(=O)Nc2ccc(N(C)C)cc2)nc2sc(C)c(C)c2c1=O. The van der Waals surface area contributed by atoms with Gasteiger partial charge in [-0.05, 0) is 43.7 Å². The van der Waals surface area contributed by atoms with Gasteiger partial charge in [-0.25, -0.2) is 4.98 Å². The average molecular weight is 429 g/mol. The molecule has 0 aliphatic rings. The highest BCUT2D eigenvalue weighted by Crippen LogP contribution is 2.28. The molecule has 0 saturated carbocycles. The standard InChI is InChI=1S/C21H24N4O2S2/c1-6-11-25-20(27)18-13(2)14(3)29-19(18)23-21(25)28-12-17(26)22-15-7-9-16(10-8-15)24(4)5/h6-10H,1,11-12H2,2-5H3,(H,22,26). The number of amides is 1. The molecule has 6 nitrogen and oxygen atoms in total. The van der Waals surface area contributed by atoms with Crippen molar-refractivity contribution in [3.8, 4) is 0 Å². The van der Waals surface area contributed by atoms with E-state index < -0.39 is 0 Å². The van der Waals surface area contributed by atoms with Crippen LogP contribution in [-0.4, -0.2) is 35.3 Å². The second kappa shape index (κ2) is 8.84. The number of aryl methyl sites for hydroxylation is 2. The van der Waals surface area contributed by atoms with Gasteiger partial charge in [0.15, 0.2) is 5.16 Å². The van der Waals surface area contributed by atoms with Crippen LogP contribution in [0.3, 0.4) is 0 Å². The summed E-state index contributed by atoms with van der Waals surface area (Å²) in [5, 5.41) is 4.07. The molecule has 0 aliphatic heterocycles. The Morgan fingerprint density at radius 2 is 2.00 bits per heavy atom. The molecule has 29 heavy (non-hydrogen) atoms. The molecule has 3 rings (SSSR count). The smallest absolute Gasteiger partial charge is 0.263 e. The number of thiophene rings is 1. The zero-order chi connectivity index (χ0) is 21.1. The molecule has 1 amide bonds. The first-order valence-electron chi connectivity index (χ1n) is 9.13. The van der Waals surface area contributed by atoms with E-state index in [1.54, 1.807) is 10.6 Å². The van der Waals surface area contributed by atoms with E-state index in [4.69, 9.17) is 0 Å². The Morgan fingerprint density at radius 1 is 1.31 bits per heavy atom. The molecule has 3 aromatic rings. The lowest BCUT2D eigenvalue weighted by Gasteiger charge is -2.13. The summed E-state index contributed by atoms with van der Waals surface area (Å²) in [5.41, 5.74) is 2.68. The Kier molecular flexibility index (Phi) is 6.44. The van der Waals surface area contributed by atoms with Gasteiger partial charge in [-0.3, -0.25) is 14.2 Å². The van der Waals surface area contributed by atoms with E-state index in [1.807, 2.05) is 57.1 Å². The summed E-state index contributed by atoms with van der Waals surface area (Å²) in [4.78, 5) is 33.8. The van der Waals surface area contributed by atoms with Crippen LogP contribution in [0.1, 0.15) is 10.4 Å². The lowest BCUT2D eigenvalue weighted by molar-refractivity contribution is -0.113. The Morgan fingerprint density at radius 3 is 2.62 bits per heavy atom. The van der Waals surface area contributed by atoms with Crippen molar-refractivity contribution in [3.05, 3.63) is 57.7 Å². The number of hydrogen-bond acceptors (Lipinski definition) is 6. The number of carbonyl (C=O) groups is 1. The second-order valence-electron chi connectivity index (χ2n) is 6.84. The molecule has 0 saturated heterocycles. The summed E-state index contributed by atoms with van der Waals surface area (Å²) in [7, 11) is 3.93. The molecule has 8 heteroatoms. The minimum atomic E-state index is -0.148. The number of hydrogen-bond donors (Lipinski definition) is 1. The highest BCUT2D eigenvalue weighted by Gasteiger charge is 2.17. The molecule has 0 aliphatic carbocycles. The first-order valence-corrected chi connectivity index (χ1v) is 10.9. The topological polar surface area (TPSA) is 67.2 Å². The number of allylic oxidation sites excluding steroid dienone is 1. The van der Waals surface area contributed by atoms with Crippen molar-refractivity contribution < 1.29 is 4.79 Å². The lowest BCUT2D eigenvalue weighted by Crippen LogP contribution is -2.23. The van der Waals surface area contributed by atoms with Crippen LogP contribution < -0.4 is 15.8 Å². The third kappa shape index (κ3) is 4.54. The number of fused-ring (bicyclic) bond motifs is 1. The molecule has 0 bridgehead atoms. The number of aromatic nitrogens is 2. The molecule has 0 atom stereocenters. The minimum absolute atomic E-state index is 0.0843. The van der Waals surface area contributed by atoms with E-state index >= 15 is 0 Å². The monoisotopic (exact) mass is 428 g/mol. The quantitative estimate of drug-likeness (QED) is 0.349. The predicted octanol–water partition coefficient (Wildman–Crippen LogP) is 4.06. The van der Waals surface area contributed by atoms with Crippen molar-refractivity contribution in [2.45, 2.75) is 25.5 Å². The van der Waals surface area contributed by atoms with E-state index in [9.17, 15) is 9.59 Å². The largest absolute Gasteiger partial charge is 0.378 e. The van der Waals surface area contributed by atoms with Crippen molar-refractivity contribution in [2.75, 3.05) is 30.1 Å². The van der Waals surface area contributed by atoms with Crippen LogP contribution in [0.25, 0.3) is 10.2 Å². The fourth-order valence-corrected chi connectivity index (χ4v) is 4.76. The van der Waals surface area contributed by atoms with E-state index in [2.05, 4.69) is 16.9 Å². The van der Waals surface area contributed by atoms with E-state index in [0.717, 1.165) is 21.8 Å². The Hall–Kier alpha value is -2.58. The molecule has 152 valence electrons. The molecule has 0 radical (unpaired) electrons. The van der Waals surface area contributed by atoms with E-state index in [1.165, 1.54) is 23.1 Å². The first kappa shape index (κ1) is 21.1. The molecule has 0 unspecified atom stereocenters. The van der Waals surface area contributed by atoms with Crippen molar-refractivity contribution in [3.63, 3.8) is 0 Å². The second-order valence-corrected chi connectivity index (χ2v) is 8.99. The maximum absolute atomic E-state index is 13.0. The summed E-state index contributed by atoms with van der Waals surface area (Å²) >= 11 is 2.76. The number of nitrogens with zero attached hydrogens (tertiary/aromatic N) is 3. The van der Waals surface area contributed by atoms with Crippen LogP contribution in [0.2, 0.25) is 0 Å². The highest BCUT2D eigenvalue weighted by atomic mass is 32.2. The van der Waals surface area contributed by atoms with Gasteiger partial charge in [-0.2, -0.15) is 0 Å².